The second-order valence-corrected chi connectivity index (χ2v) is 8.63. The summed E-state index contributed by atoms with van der Waals surface area (Å²) in [5, 5.41) is 3.39. The van der Waals surface area contributed by atoms with Crippen LogP contribution in [0.25, 0.3) is 0 Å². The summed E-state index contributed by atoms with van der Waals surface area (Å²) in [4.78, 5) is 2.92. The number of hydrogen-bond donors (Lipinski definition) is 1. The van der Waals surface area contributed by atoms with Crippen LogP contribution in [0.1, 0.15) is 38.3 Å². The Labute approximate surface area is 159 Å². The molecule has 0 saturated carbocycles. The smallest absolute Gasteiger partial charge is 0.175 e. The molecule has 0 aromatic heterocycles. The molecule has 1 aromatic rings. The monoisotopic (exact) mass is 396 g/mol. The molecule has 0 radical (unpaired) electrons. The predicted octanol–water partition coefficient (Wildman–Crippen LogP) is 3.32. The average Bonchev–Trinajstić information content (AvgIpc) is 2.48. The van der Waals surface area contributed by atoms with E-state index in [1.165, 1.54) is 18.2 Å². The van der Waals surface area contributed by atoms with Gasteiger partial charge in [-0.1, -0.05) is 26.0 Å². The van der Waals surface area contributed by atoms with E-state index in [0.717, 1.165) is 32.6 Å². The Morgan fingerprint density at radius 2 is 1.58 bits per heavy atom. The molecule has 140 valence electrons. The number of nitrogens with zero attached hydrogens (tertiary/aromatic N) is 1. The zero-order chi connectivity index (χ0) is 16.2. The maximum absolute atomic E-state index is 11.6. The SMILES string of the molecule is CC(C)CC[C@@H](c1ccc(S(C)(=O)=O)cc1)N1CCNCC1.Cl.Cl. The van der Waals surface area contributed by atoms with Crippen molar-refractivity contribution in [3.63, 3.8) is 0 Å². The van der Waals surface area contributed by atoms with E-state index in [9.17, 15) is 8.42 Å². The molecule has 1 N–H and O–H groups in total. The number of rotatable bonds is 6. The second kappa shape index (κ2) is 10.6. The van der Waals surface area contributed by atoms with Crippen molar-refractivity contribution in [2.75, 3.05) is 32.4 Å². The normalized spacial score (nSPS) is 17.0. The molecule has 1 aliphatic rings. The van der Waals surface area contributed by atoms with Crippen LogP contribution in [0.3, 0.4) is 0 Å². The van der Waals surface area contributed by atoms with E-state index in [2.05, 4.69) is 24.1 Å². The van der Waals surface area contributed by atoms with E-state index in [4.69, 9.17) is 0 Å². The minimum Gasteiger partial charge on any atom is -0.314 e. The maximum Gasteiger partial charge on any atom is 0.175 e. The van der Waals surface area contributed by atoms with Crippen molar-refractivity contribution < 1.29 is 8.42 Å². The van der Waals surface area contributed by atoms with Crippen LogP contribution in [0.5, 0.6) is 0 Å². The molecular formula is C17H30Cl2N2O2S. The minimum absolute atomic E-state index is 0. The van der Waals surface area contributed by atoms with Crippen LogP contribution in [-0.2, 0) is 9.84 Å². The lowest BCUT2D eigenvalue weighted by molar-refractivity contribution is 0.160. The van der Waals surface area contributed by atoms with Crippen molar-refractivity contribution >= 4 is 34.7 Å². The van der Waals surface area contributed by atoms with Crippen molar-refractivity contribution in [2.24, 2.45) is 5.92 Å². The van der Waals surface area contributed by atoms with Gasteiger partial charge in [-0.2, -0.15) is 0 Å². The standard InChI is InChI=1S/C17H28N2O2S.2ClH/c1-14(2)4-9-17(19-12-10-18-11-13-19)15-5-7-16(8-6-15)22(3,20)21;;/h5-8,14,17-18H,4,9-13H2,1-3H3;2*1H/t17-;;/m0../s1. The molecular weight excluding hydrogens is 367 g/mol. The van der Waals surface area contributed by atoms with E-state index < -0.39 is 9.84 Å². The molecule has 0 bridgehead atoms. The number of hydrogen-bond acceptors (Lipinski definition) is 4. The first-order valence-corrected chi connectivity index (χ1v) is 10.0. The number of piperazine rings is 1. The Balaban J connectivity index is 0.00000264. The summed E-state index contributed by atoms with van der Waals surface area (Å²) >= 11 is 0. The van der Waals surface area contributed by atoms with Crippen LogP contribution >= 0.6 is 24.8 Å². The summed E-state index contributed by atoms with van der Waals surface area (Å²) in [5.74, 6) is 0.681. The van der Waals surface area contributed by atoms with Gasteiger partial charge >= 0.3 is 0 Å². The highest BCUT2D eigenvalue weighted by molar-refractivity contribution is 7.90. The van der Waals surface area contributed by atoms with Gasteiger partial charge in [0.15, 0.2) is 9.84 Å². The molecule has 4 nitrogen and oxygen atoms in total. The lowest BCUT2D eigenvalue weighted by Crippen LogP contribution is -2.45. The zero-order valence-electron chi connectivity index (χ0n) is 14.7. The summed E-state index contributed by atoms with van der Waals surface area (Å²) in [5.41, 5.74) is 1.23. The van der Waals surface area contributed by atoms with Gasteiger partial charge in [-0.05, 0) is 36.5 Å². The molecule has 1 fully saturated rings. The fourth-order valence-corrected chi connectivity index (χ4v) is 3.61. The lowest BCUT2D eigenvalue weighted by atomic mass is 9.96. The highest BCUT2D eigenvalue weighted by Gasteiger charge is 2.22. The van der Waals surface area contributed by atoms with E-state index in [-0.39, 0.29) is 24.8 Å². The van der Waals surface area contributed by atoms with E-state index in [1.54, 1.807) is 12.1 Å². The Kier molecular flexibility index (Phi) is 10.5. The minimum atomic E-state index is -3.12. The first-order chi connectivity index (χ1) is 10.4. The molecule has 1 aliphatic heterocycles. The predicted molar refractivity (Wildman–Crippen MR) is 105 cm³/mol. The summed E-state index contributed by atoms with van der Waals surface area (Å²) in [6.45, 7) is 8.66. The van der Waals surface area contributed by atoms with Crippen LogP contribution in [-0.4, -0.2) is 45.8 Å². The van der Waals surface area contributed by atoms with Crippen LogP contribution in [0.15, 0.2) is 29.2 Å². The Hall–Kier alpha value is -0.330. The van der Waals surface area contributed by atoms with Crippen molar-refractivity contribution in [1.82, 2.24) is 10.2 Å². The molecule has 2 rings (SSSR count). The lowest BCUT2D eigenvalue weighted by Gasteiger charge is -2.35. The third kappa shape index (κ3) is 6.89. The molecule has 24 heavy (non-hydrogen) atoms. The maximum atomic E-state index is 11.6. The van der Waals surface area contributed by atoms with Gasteiger partial charge in [0.1, 0.15) is 0 Å². The average molecular weight is 397 g/mol. The first kappa shape index (κ1) is 23.7. The first-order valence-electron chi connectivity index (χ1n) is 8.12. The Morgan fingerprint density at radius 1 is 1.04 bits per heavy atom. The molecule has 0 amide bonds. The highest BCUT2D eigenvalue weighted by Crippen LogP contribution is 2.28. The molecule has 0 unspecified atom stereocenters. The highest BCUT2D eigenvalue weighted by atomic mass is 35.5. The summed E-state index contributed by atoms with van der Waals surface area (Å²) < 4.78 is 23.2. The fourth-order valence-electron chi connectivity index (χ4n) is 2.98. The van der Waals surface area contributed by atoms with Gasteiger partial charge in [0.05, 0.1) is 4.90 Å². The molecule has 1 heterocycles. The van der Waals surface area contributed by atoms with E-state index in [0.29, 0.717) is 16.9 Å². The van der Waals surface area contributed by atoms with Crippen molar-refractivity contribution in [3.05, 3.63) is 29.8 Å². The van der Waals surface area contributed by atoms with Gasteiger partial charge < -0.3 is 5.32 Å². The van der Waals surface area contributed by atoms with Gasteiger partial charge in [0.2, 0.25) is 0 Å². The van der Waals surface area contributed by atoms with Gasteiger partial charge in [0.25, 0.3) is 0 Å². The van der Waals surface area contributed by atoms with E-state index >= 15 is 0 Å². The quantitative estimate of drug-likeness (QED) is 0.800. The summed E-state index contributed by atoms with van der Waals surface area (Å²) in [7, 11) is -3.12. The molecule has 1 saturated heterocycles. The van der Waals surface area contributed by atoms with Gasteiger partial charge in [-0.3, -0.25) is 4.90 Å². The largest absolute Gasteiger partial charge is 0.314 e. The van der Waals surface area contributed by atoms with Crippen LogP contribution in [0.2, 0.25) is 0 Å². The number of halogens is 2. The van der Waals surface area contributed by atoms with Gasteiger partial charge in [0, 0.05) is 38.5 Å². The van der Waals surface area contributed by atoms with Crippen molar-refractivity contribution in [3.8, 4) is 0 Å². The summed E-state index contributed by atoms with van der Waals surface area (Å²) in [6, 6.07) is 7.86. The van der Waals surface area contributed by atoms with Crippen molar-refractivity contribution in [1.29, 1.82) is 0 Å². The van der Waals surface area contributed by atoms with Crippen LogP contribution in [0, 0.1) is 5.92 Å². The molecule has 0 aliphatic carbocycles. The van der Waals surface area contributed by atoms with Crippen LogP contribution in [0.4, 0.5) is 0 Å². The number of nitrogens with one attached hydrogen (secondary N) is 1. The summed E-state index contributed by atoms with van der Waals surface area (Å²) in [6.07, 6.45) is 3.56. The van der Waals surface area contributed by atoms with Crippen molar-refractivity contribution in [2.45, 2.75) is 37.6 Å². The third-order valence-corrected chi connectivity index (χ3v) is 5.43. The Bertz CT molecular complexity index is 571. The van der Waals surface area contributed by atoms with Gasteiger partial charge in [-0.15, -0.1) is 24.8 Å². The molecule has 1 atom stereocenters. The topological polar surface area (TPSA) is 49.4 Å². The third-order valence-electron chi connectivity index (χ3n) is 4.30. The van der Waals surface area contributed by atoms with E-state index in [1.807, 2.05) is 12.1 Å². The fraction of sp³-hybridized carbons (Fsp3) is 0.647. The zero-order valence-corrected chi connectivity index (χ0v) is 17.1. The molecule has 1 aromatic carbocycles. The second-order valence-electron chi connectivity index (χ2n) is 6.61. The molecule has 0 spiro atoms. The van der Waals surface area contributed by atoms with Crippen LogP contribution < -0.4 is 5.32 Å². The Morgan fingerprint density at radius 3 is 2.04 bits per heavy atom. The molecule has 7 heteroatoms. The number of benzene rings is 1. The van der Waals surface area contributed by atoms with Gasteiger partial charge in [-0.25, -0.2) is 8.42 Å². The number of sulfone groups is 1.